The molecule has 2 N–H and O–H groups in total. The minimum Gasteiger partial charge on any atom is -0.481 e. The Bertz CT molecular complexity index is 1290. The first-order chi connectivity index (χ1) is 17.9. The van der Waals surface area contributed by atoms with E-state index in [-0.39, 0.29) is 6.04 Å². The van der Waals surface area contributed by atoms with Crippen molar-refractivity contribution in [3.05, 3.63) is 95.8 Å². The van der Waals surface area contributed by atoms with Crippen LogP contribution in [-0.4, -0.2) is 74.7 Å². The number of carboxylic acids is 1. The largest absolute Gasteiger partial charge is 0.481 e. The molecule has 37 heavy (non-hydrogen) atoms. The molecule has 3 heterocycles. The van der Waals surface area contributed by atoms with E-state index in [1.807, 2.05) is 12.1 Å². The lowest BCUT2D eigenvalue weighted by Crippen LogP contribution is -2.48. The van der Waals surface area contributed by atoms with E-state index in [9.17, 15) is 9.90 Å². The minimum absolute atomic E-state index is 0.268. The second-order valence-corrected chi connectivity index (χ2v) is 10.1. The summed E-state index contributed by atoms with van der Waals surface area (Å²) in [6, 6.07) is 25.6. The van der Waals surface area contributed by atoms with Gasteiger partial charge in [-0.15, -0.1) is 5.10 Å². The zero-order valence-corrected chi connectivity index (χ0v) is 21.4. The van der Waals surface area contributed by atoms with Crippen molar-refractivity contribution in [1.29, 1.82) is 0 Å². The number of anilines is 1. The summed E-state index contributed by atoms with van der Waals surface area (Å²) in [5, 5.41) is 17.5. The zero-order valence-electron chi connectivity index (χ0n) is 21.4. The van der Waals surface area contributed by atoms with Crippen molar-refractivity contribution in [3.8, 4) is 0 Å². The Balaban J connectivity index is 1.17. The van der Waals surface area contributed by atoms with Gasteiger partial charge in [0.2, 0.25) is 0 Å². The topological polar surface area (TPSA) is 86.0 Å². The molecule has 0 saturated carbocycles. The van der Waals surface area contributed by atoms with E-state index in [0.29, 0.717) is 11.3 Å². The number of carbonyl (C=O) groups is 1. The number of nitrogens with zero attached hydrogens (tertiary/aromatic N) is 5. The second-order valence-electron chi connectivity index (χ2n) is 10.1. The van der Waals surface area contributed by atoms with E-state index in [1.54, 1.807) is 24.6 Å². The van der Waals surface area contributed by atoms with Crippen LogP contribution in [0.25, 0.3) is 5.65 Å². The molecule has 8 nitrogen and oxygen atoms in total. The molecule has 8 heteroatoms. The van der Waals surface area contributed by atoms with E-state index in [1.165, 1.54) is 11.1 Å². The van der Waals surface area contributed by atoms with Crippen LogP contribution in [0.1, 0.15) is 36.7 Å². The summed E-state index contributed by atoms with van der Waals surface area (Å²) in [6.07, 6.45) is 1.70. The Morgan fingerprint density at radius 1 is 0.946 bits per heavy atom. The number of nitrogens with one attached hydrogen (secondary N) is 1. The maximum Gasteiger partial charge on any atom is 0.315 e. The molecular formula is C29H34N6O2. The quantitative estimate of drug-likeness (QED) is 0.362. The lowest BCUT2D eigenvalue weighted by molar-refractivity contribution is -0.142. The molecule has 4 aromatic rings. The van der Waals surface area contributed by atoms with Gasteiger partial charge >= 0.3 is 5.97 Å². The van der Waals surface area contributed by atoms with Gasteiger partial charge in [-0.25, -0.2) is 9.50 Å². The first-order valence-electron chi connectivity index (χ1n) is 12.8. The number of hydrogen-bond acceptors (Lipinski definition) is 6. The van der Waals surface area contributed by atoms with Gasteiger partial charge < -0.3 is 10.4 Å². The van der Waals surface area contributed by atoms with Gasteiger partial charge in [-0.1, -0.05) is 60.7 Å². The van der Waals surface area contributed by atoms with Crippen molar-refractivity contribution in [2.75, 3.05) is 44.6 Å². The molecule has 1 saturated heterocycles. The average molecular weight is 499 g/mol. The number of rotatable bonds is 9. The van der Waals surface area contributed by atoms with E-state index in [4.69, 9.17) is 0 Å². The molecule has 2 aromatic carbocycles. The first-order valence-corrected chi connectivity index (χ1v) is 12.8. The van der Waals surface area contributed by atoms with Crippen LogP contribution in [0, 0.1) is 0 Å². The van der Waals surface area contributed by atoms with Crippen LogP contribution in [-0.2, 0) is 10.2 Å². The van der Waals surface area contributed by atoms with E-state index in [0.717, 1.165) is 45.1 Å². The van der Waals surface area contributed by atoms with Crippen molar-refractivity contribution in [3.63, 3.8) is 0 Å². The molecule has 0 atom stereocenters. The van der Waals surface area contributed by atoms with Crippen molar-refractivity contribution < 1.29 is 9.90 Å². The summed E-state index contributed by atoms with van der Waals surface area (Å²) in [5.41, 5.74) is 2.73. The Hall–Kier alpha value is -3.75. The third-order valence-electron chi connectivity index (χ3n) is 7.23. The molecule has 1 aliphatic rings. The molecule has 0 radical (unpaired) electrons. The molecule has 0 unspecified atom stereocenters. The van der Waals surface area contributed by atoms with Gasteiger partial charge in [-0.2, -0.15) is 0 Å². The summed E-state index contributed by atoms with van der Waals surface area (Å²) < 4.78 is 1.65. The van der Waals surface area contributed by atoms with Crippen molar-refractivity contribution in [2.45, 2.75) is 25.3 Å². The highest BCUT2D eigenvalue weighted by molar-refractivity contribution is 5.79. The van der Waals surface area contributed by atoms with Crippen LogP contribution in [0.15, 0.2) is 79.0 Å². The van der Waals surface area contributed by atoms with Crippen LogP contribution >= 0.6 is 0 Å². The summed E-state index contributed by atoms with van der Waals surface area (Å²) in [4.78, 5) is 21.1. The van der Waals surface area contributed by atoms with Gasteiger partial charge in [0.05, 0.1) is 17.9 Å². The van der Waals surface area contributed by atoms with Gasteiger partial charge in [0.15, 0.2) is 5.65 Å². The van der Waals surface area contributed by atoms with Gasteiger partial charge in [-0.05, 0) is 37.1 Å². The number of piperazine rings is 1. The van der Waals surface area contributed by atoms with Crippen LogP contribution in [0.2, 0.25) is 0 Å². The molecule has 1 aliphatic heterocycles. The predicted molar refractivity (Wildman–Crippen MR) is 145 cm³/mol. The molecule has 0 aliphatic carbocycles. The number of hydrogen-bond donors (Lipinski definition) is 2. The predicted octanol–water partition coefficient (Wildman–Crippen LogP) is 3.91. The third-order valence-corrected chi connectivity index (χ3v) is 7.23. The van der Waals surface area contributed by atoms with Gasteiger partial charge in [-0.3, -0.25) is 14.6 Å². The van der Waals surface area contributed by atoms with Crippen LogP contribution in [0.4, 0.5) is 5.82 Å². The van der Waals surface area contributed by atoms with Gasteiger partial charge in [0.1, 0.15) is 11.2 Å². The third kappa shape index (κ3) is 5.50. The van der Waals surface area contributed by atoms with E-state index >= 15 is 0 Å². The van der Waals surface area contributed by atoms with Crippen molar-refractivity contribution in [2.24, 2.45) is 0 Å². The Labute approximate surface area is 217 Å². The van der Waals surface area contributed by atoms with Crippen LogP contribution in [0.5, 0.6) is 0 Å². The summed E-state index contributed by atoms with van der Waals surface area (Å²) >= 11 is 0. The fourth-order valence-electron chi connectivity index (χ4n) is 4.86. The average Bonchev–Trinajstić information content (AvgIpc) is 3.35. The number of benzene rings is 2. The fraction of sp³-hybridized carbons (Fsp3) is 0.345. The zero-order chi connectivity index (χ0) is 25.8. The number of fused-ring (bicyclic) bond motifs is 1. The standard InChI is InChI=1S/C29H34N6O2/c1-29(2,28(36)37)24-21-35-26(31-24)14-13-25(32-35)30-15-16-33-17-19-34(20-18-33)27(22-9-5-3-6-10-22)23-11-7-4-8-12-23/h3-14,21,27H,15-20H2,1-2H3,(H,30,32)(H,36,37). The van der Waals surface area contributed by atoms with Crippen molar-refractivity contribution >= 4 is 17.4 Å². The Morgan fingerprint density at radius 3 is 2.16 bits per heavy atom. The highest BCUT2D eigenvalue weighted by atomic mass is 16.4. The molecule has 0 spiro atoms. The molecule has 0 bridgehead atoms. The number of carboxylic acid groups (broad SMARTS) is 1. The van der Waals surface area contributed by atoms with Crippen LogP contribution < -0.4 is 5.32 Å². The Kier molecular flexibility index (Phi) is 7.21. The molecule has 5 rings (SSSR count). The normalized spacial score (nSPS) is 15.3. The smallest absolute Gasteiger partial charge is 0.315 e. The first kappa shape index (κ1) is 24.9. The Morgan fingerprint density at radius 2 is 1.57 bits per heavy atom. The maximum absolute atomic E-state index is 11.6. The second kappa shape index (κ2) is 10.7. The number of imidazole rings is 1. The number of aromatic nitrogens is 3. The summed E-state index contributed by atoms with van der Waals surface area (Å²) in [7, 11) is 0. The lowest BCUT2D eigenvalue weighted by Gasteiger charge is -2.39. The fourth-order valence-corrected chi connectivity index (χ4v) is 4.86. The number of aliphatic carboxylic acids is 1. The van der Waals surface area contributed by atoms with Gasteiger partial charge in [0.25, 0.3) is 0 Å². The molecular weight excluding hydrogens is 464 g/mol. The monoisotopic (exact) mass is 498 g/mol. The summed E-state index contributed by atoms with van der Waals surface area (Å²) in [5.74, 6) is -0.162. The molecule has 1 fully saturated rings. The van der Waals surface area contributed by atoms with Gasteiger partial charge in [0, 0.05) is 39.3 Å². The van der Waals surface area contributed by atoms with E-state index in [2.05, 4.69) is 85.9 Å². The highest BCUT2D eigenvalue weighted by Crippen LogP contribution is 2.29. The molecule has 2 aromatic heterocycles. The maximum atomic E-state index is 11.6. The molecule has 192 valence electrons. The SMILES string of the molecule is CC(C)(C(=O)O)c1cn2nc(NCCN3CCN(C(c4ccccc4)c4ccccc4)CC3)ccc2n1. The molecule has 0 amide bonds. The van der Waals surface area contributed by atoms with Crippen LogP contribution in [0.3, 0.4) is 0 Å². The summed E-state index contributed by atoms with van der Waals surface area (Å²) in [6.45, 7) is 9.05. The minimum atomic E-state index is -1.07. The van der Waals surface area contributed by atoms with E-state index < -0.39 is 11.4 Å². The lowest BCUT2D eigenvalue weighted by atomic mass is 9.90. The van der Waals surface area contributed by atoms with Crippen molar-refractivity contribution in [1.82, 2.24) is 24.4 Å². The highest BCUT2D eigenvalue weighted by Gasteiger charge is 2.32.